The molecule has 1 heterocycles. The van der Waals surface area contributed by atoms with Crippen LogP contribution in [0.25, 0.3) is 0 Å². The van der Waals surface area contributed by atoms with E-state index in [0.717, 1.165) is 0 Å². The molecule has 0 aliphatic rings. The van der Waals surface area contributed by atoms with Crippen molar-refractivity contribution in [1.82, 2.24) is 5.16 Å². The number of hydrogen-bond donors (Lipinski definition) is 1. The van der Waals surface area contributed by atoms with Crippen LogP contribution in [0.15, 0.2) is 33.7 Å². The van der Waals surface area contributed by atoms with Crippen LogP contribution >= 0.6 is 23.2 Å². The number of carboxylic acid groups (broad SMARTS) is 1. The maximum Gasteiger partial charge on any atom is 0.358 e. The average Bonchev–Trinajstić information content (AvgIpc) is 2.81. The Kier molecular flexibility index (Phi) is 4.24. The number of carboxylic acids is 1. The zero-order chi connectivity index (χ0) is 14.0. The van der Waals surface area contributed by atoms with Gasteiger partial charge in [0, 0.05) is 11.0 Å². The minimum absolute atomic E-state index is 0.0121. The van der Waals surface area contributed by atoms with Gasteiger partial charge in [-0.25, -0.2) is 4.79 Å². The smallest absolute Gasteiger partial charge is 0.358 e. The Morgan fingerprint density at radius 1 is 1.32 bits per heavy atom. The van der Waals surface area contributed by atoms with E-state index in [-0.39, 0.29) is 17.2 Å². The first-order valence-corrected chi connectivity index (χ1v) is 7.07. The molecule has 1 aromatic heterocycles. The van der Waals surface area contributed by atoms with Gasteiger partial charge in [-0.15, -0.1) is 0 Å². The Hall–Kier alpha value is -1.37. The monoisotopic (exact) mass is 319 g/mol. The molecule has 8 heteroatoms. The summed E-state index contributed by atoms with van der Waals surface area (Å²) in [5.74, 6) is -0.963. The largest absolute Gasteiger partial charge is 0.476 e. The summed E-state index contributed by atoms with van der Waals surface area (Å²) in [6.07, 6.45) is 0. The second-order valence-electron chi connectivity index (χ2n) is 3.55. The van der Waals surface area contributed by atoms with Crippen molar-refractivity contribution in [2.45, 2.75) is 10.6 Å². The van der Waals surface area contributed by atoms with Crippen molar-refractivity contribution in [3.05, 3.63) is 45.8 Å². The fraction of sp³-hybridized carbons (Fsp3) is 0.0909. The highest BCUT2D eigenvalue weighted by Gasteiger charge is 2.14. The van der Waals surface area contributed by atoms with Gasteiger partial charge in [0.25, 0.3) is 0 Å². The van der Waals surface area contributed by atoms with Gasteiger partial charge in [0.2, 0.25) is 0 Å². The molecule has 0 saturated heterocycles. The third-order valence-electron chi connectivity index (χ3n) is 2.21. The molecule has 0 saturated carbocycles. The van der Waals surface area contributed by atoms with Crippen molar-refractivity contribution >= 4 is 40.0 Å². The topological polar surface area (TPSA) is 80.4 Å². The molecule has 0 spiro atoms. The van der Waals surface area contributed by atoms with E-state index in [9.17, 15) is 9.00 Å². The molecule has 2 aromatic rings. The van der Waals surface area contributed by atoms with Gasteiger partial charge in [-0.05, 0) is 18.2 Å². The highest BCUT2D eigenvalue weighted by molar-refractivity contribution is 7.84. The number of rotatable bonds is 4. The molecule has 0 aliphatic carbocycles. The van der Waals surface area contributed by atoms with Gasteiger partial charge in [0.1, 0.15) is 5.76 Å². The van der Waals surface area contributed by atoms with Crippen molar-refractivity contribution < 1.29 is 18.6 Å². The number of aromatic nitrogens is 1. The Morgan fingerprint density at radius 2 is 2.05 bits per heavy atom. The maximum atomic E-state index is 12.0. The first-order valence-electron chi connectivity index (χ1n) is 4.99. The maximum absolute atomic E-state index is 12.0. The summed E-state index contributed by atoms with van der Waals surface area (Å²) in [6.45, 7) is 0. The fourth-order valence-electron chi connectivity index (χ4n) is 1.31. The Labute approximate surface area is 120 Å². The van der Waals surface area contributed by atoms with Crippen molar-refractivity contribution in [2.24, 2.45) is 0 Å². The molecule has 19 heavy (non-hydrogen) atoms. The summed E-state index contributed by atoms with van der Waals surface area (Å²) in [5.41, 5.74) is -0.221. The lowest BCUT2D eigenvalue weighted by Gasteiger charge is -2.01. The van der Waals surface area contributed by atoms with E-state index in [0.29, 0.717) is 14.9 Å². The van der Waals surface area contributed by atoms with Crippen LogP contribution in [-0.2, 0) is 16.6 Å². The Balaban J connectivity index is 2.15. The molecular formula is C11H7Cl2NO4S. The zero-order valence-corrected chi connectivity index (χ0v) is 11.6. The van der Waals surface area contributed by atoms with Crippen molar-refractivity contribution in [2.75, 3.05) is 0 Å². The number of nitrogens with zero attached hydrogens (tertiary/aromatic N) is 1. The average molecular weight is 320 g/mol. The zero-order valence-electron chi connectivity index (χ0n) is 9.30. The predicted molar refractivity (Wildman–Crippen MR) is 70.0 cm³/mol. The van der Waals surface area contributed by atoms with E-state index in [1.165, 1.54) is 12.1 Å². The molecule has 0 radical (unpaired) electrons. The van der Waals surface area contributed by atoms with E-state index in [1.807, 2.05) is 0 Å². The number of carbonyl (C=O) groups is 1. The minimum atomic E-state index is -1.42. The second kappa shape index (κ2) is 5.73. The molecule has 1 N–H and O–H groups in total. The third kappa shape index (κ3) is 3.34. The molecule has 0 amide bonds. The molecule has 0 aliphatic heterocycles. The number of halogens is 2. The molecule has 0 fully saturated rings. The molecule has 1 atom stereocenters. The summed E-state index contributed by atoms with van der Waals surface area (Å²) in [6, 6.07) is 5.85. The standard InChI is InChI=1S/C11H7Cl2NO4S/c12-8-2-1-7(4-9(8)13)19(17)5-6-3-10(11(15)16)14-18-6/h1-4H,5H2,(H,15,16). The van der Waals surface area contributed by atoms with Gasteiger partial charge in [-0.2, -0.15) is 0 Å². The quantitative estimate of drug-likeness (QED) is 0.936. The van der Waals surface area contributed by atoms with Gasteiger partial charge < -0.3 is 9.63 Å². The van der Waals surface area contributed by atoms with Gasteiger partial charge in [0.15, 0.2) is 5.69 Å². The predicted octanol–water partition coefficient (Wildman–Crippen LogP) is 2.99. The van der Waals surface area contributed by atoms with Crippen LogP contribution in [0, 0.1) is 0 Å². The lowest BCUT2D eigenvalue weighted by Crippen LogP contribution is -1.96. The van der Waals surface area contributed by atoms with E-state index in [1.54, 1.807) is 12.1 Å². The summed E-state index contributed by atoms with van der Waals surface area (Å²) in [4.78, 5) is 11.1. The van der Waals surface area contributed by atoms with Crippen LogP contribution < -0.4 is 0 Å². The van der Waals surface area contributed by atoms with E-state index >= 15 is 0 Å². The van der Waals surface area contributed by atoms with Crippen LogP contribution in [-0.4, -0.2) is 20.4 Å². The molecule has 1 unspecified atom stereocenters. The second-order valence-corrected chi connectivity index (χ2v) is 5.81. The van der Waals surface area contributed by atoms with Crippen LogP contribution in [0.4, 0.5) is 0 Å². The molecule has 0 bridgehead atoms. The van der Waals surface area contributed by atoms with Gasteiger partial charge in [-0.3, -0.25) is 4.21 Å². The fourth-order valence-corrected chi connectivity index (χ4v) is 2.71. The van der Waals surface area contributed by atoms with Crippen LogP contribution in [0.2, 0.25) is 10.0 Å². The van der Waals surface area contributed by atoms with Crippen molar-refractivity contribution in [3.8, 4) is 0 Å². The minimum Gasteiger partial charge on any atom is -0.476 e. The summed E-state index contributed by atoms with van der Waals surface area (Å²) in [5, 5.41) is 12.7. The third-order valence-corrected chi connectivity index (χ3v) is 4.27. The Morgan fingerprint density at radius 3 is 2.63 bits per heavy atom. The molecule has 100 valence electrons. The highest BCUT2D eigenvalue weighted by Crippen LogP contribution is 2.25. The normalized spacial score (nSPS) is 12.3. The van der Waals surface area contributed by atoms with Crippen LogP contribution in [0.3, 0.4) is 0 Å². The number of hydrogen-bond acceptors (Lipinski definition) is 4. The van der Waals surface area contributed by atoms with E-state index < -0.39 is 16.8 Å². The molecule has 1 aromatic carbocycles. The number of benzene rings is 1. The lowest BCUT2D eigenvalue weighted by molar-refractivity contribution is 0.0685. The summed E-state index contributed by atoms with van der Waals surface area (Å²) >= 11 is 11.6. The SMILES string of the molecule is O=C(O)c1cc(CS(=O)c2ccc(Cl)c(Cl)c2)on1. The van der Waals surface area contributed by atoms with Gasteiger partial charge in [0.05, 0.1) is 26.6 Å². The molecule has 2 rings (SSSR count). The lowest BCUT2D eigenvalue weighted by atomic mass is 10.4. The highest BCUT2D eigenvalue weighted by atomic mass is 35.5. The number of aromatic carboxylic acids is 1. The van der Waals surface area contributed by atoms with Gasteiger partial charge in [-0.1, -0.05) is 28.4 Å². The van der Waals surface area contributed by atoms with Crippen molar-refractivity contribution in [3.63, 3.8) is 0 Å². The van der Waals surface area contributed by atoms with Crippen LogP contribution in [0.5, 0.6) is 0 Å². The summed E-state index contributed by atoms with van der Waals surface area (Å²) in [7, 11) is -1.42. The Bertz CT molecular complexity index is 656. The first kappa shape index (κ1) is 14.0. The van der Waals surface area contributed by atoms with Crippen molar-refractivity contribution in [1.29, 1.82) is 0 Å². The summed E-state index contributed by atoms with van der Waals surface area (Å²) < 4.78 is 16.8. The van der Waals surface area contributed by atoms with E-state index in [2.05, 4.69) is 5.16 Å². The van der Waals surface area contributed by atoms with E-state index in [4.69, 9.17) is 32.8 Å². The van der Waals surface area contributed by atoms with Crippen LogP contribution in [0.1, 0.15) is 16.2 Å². The van der Waals surface area contributed by atoms with Gasteiger partial charge >= 0.3 is 5.97 Å². The first-order chi connectivity index (χ1) is 8.97. The molecule has 5 nitrogen and oxygen atoms in total. The molecular weight excluding hydrogens is 313 g/mol.